The van der Waals surface area contributed by atoms with Gasteiger partial charge in [-0.3, -0.25) is 9.59 Å². The molecule has 118 valence electrons. The van der Waals surface area contributed by atoms with Crippen molar-refractivity contribution in [2.24, 2.45) is 5.92 Å². The highest BCUT2D eigenvalue weighted by Crippen LogP contribution is 2.38. The van der Waals surface area contributed by atoms with Gasteiger partial charge in [-0.25, -0.2) is 0 Å². The van der Waals surface area contributed by atoms with Crippen LogP contribution in [-0.4, -0.2) is 38.3 Å². The number of methoxy groups -OCH3 is 3. The molecule has 1 heterocycles. The Labute approximate surface area is 132 Å². The number of carbonyl (C=O) groups excluding carboxylic acids is 2. The summed E-state index contributed by atoms with van der Waals surface area (Å²) in [6.45, 7) is 0. The molecule has 1 fully saturated rings. The highest BCUT2D eigenvalue weighted by Gasteiger charge is 2.33. The van der Waals surface area contributed by atoms with Gasteiger partial charge in [0.15, 0.2) is 16.6 Å². The number of benzene rings is 1. The van der Waals surface area contributed by atoms with Crippen LogP contribution in [0.5, 0.6) is 17.2 Å². The van der Waals surface area contributed by atoms with Crippen LogP contribution in [0.2, 0.25) is 0 Å². The van der Waals surface area contributed by atoms with Crippen molar-refractivity contribution in [2.45, 2.75) is 6.42 Å². The van der Waals surface area contributed by atoms with Crippen LogP contribution in [0.3, 0.4) is 0 Å². The van der Waals surface area contributed by atoms with Gasteiger partial charge in [0.1, 0.15) is 5.92 Å². The highest BCUT2D eigenvalue weighted by atomic mass is 32.1. The summed E-state index contributed by atoms with van der Waals surface area (Å²) in [4.78, 5) is 23.8. The maximum atomic E-state index is 11.9. The fourth-order valence-electron chi connectivity index (χ4n) is 2.22. The van der Waals surface area contributed by atoms with Gasteiger partial charge in [-0.05, 0) is 36.3 Å². The normalized spacial score (nSPS) is 15.1. The quantitative estimate of drug-likeness (QED) is 0.602. The number of amides is 2. The largest absolute Gasteiger partial charge is 0.493 e. The maximum Gasteiger partial charge on any atom is 0.239 e. The molecule has 2 N–H and O–H groups in total. The molecule has 8 heteroatoms. The minimum atomic E-state index is -0.866. The molecule has 1 aromatic carbocycles. The standard InChI is InChI=1S/C14H16N2O5S/c1-19-9-5-7(6-10(20-2)11(9)21-3)4-8-12(17)15-14(22)16-13(8)18/h5-6,8H,4H2,1-3H3,(H2,15,16,17,18,22). The molecule has 7 nitrogen and oxygen atoms in total. The average Bonchev–Trinajstić information content (AvgIpc) is 2.49. The van der Waals surface area contributed by atoms with Crippen molar-refractivity contribution < 1.29 is 23.8 Å². The van der Waals surface area contributed by atoms with Crippen molar-refractivity contribution in [3.63, 3.8) is 0 Å². The predicted octanol–water partition coefficient (Wildman–Crippen LogP) is 0.402. The van der Waals surface area contributed by atoms with E-state index in [4.69, 9.17) is 26.4 Å². The van der Waals surface area contributed by atoms with E-state index >= 15 is 0 Å². The van der Waals surface area contributed by atoms with Gasteiger partial charge in [0.2, 0.25) is 17.6 Å². The summed E-state index contributed by atoms with van der Waals surface area (Å²) < 4.78 is 15.7. The van der Waals surface area contributed by atoms with E-state index in [-0.39, 0.29) is 11.5 Å². The number of hydrogen-bond acceptors (Lipinski definition) is 6. The van der Waals surface area contributed by atoms with Crippen LogP contribution in [0.25, 0.3) is 0 Å². The van der Waals surface area contributed by atoms with Gasteiger partial charge >= 0.3 is 0 Å². The SMILES string of the molecule is COc1cc(CC2C(=O)NC(=S)NC2=O)cc(OC)c1OC. The molecule has 0 aromatic heterocycles. The third kappa shape index (κ3) is 3.11. The molecular formula is C14H16N2O5S. The minimum absolute atomic E-state index is 0.0242. The Kier molecular flexibility index (Phi) is 4.81. The molecule has 0 spiro atoms. The second kappa shape index (κ2) is 6.61. The molecular weight excluding hydrogens is 308 g/mol. The Morgan fingerprint density at radius 1 is 1.00 bits per heavy atom. The summed E-state index contributed by atoms with van der Waals surface area (Å²) in [5, 5.41) is 4.89. The zero-order valence-corrected chi connectivity index (χ0v) is 13.2. The Morgan fingerprint density at radius 3 is 1.91 bits per heavy atom. The number of hydrogen-bond donors (Lipinski definition) is 2. The fraction of sp³-hybridized carbons (Fsp3) is 0.357. The molecule has 1 aliphatic heterocycles. The molecule has 1 aromatic rings. The summed E-state index contributed by atoms with van der Waals surface area (Å²) >= 11 is 4.77. The van der Waals surface area contributed by atoms with E-state index in [2.05, 4.69) is 10.6 Å². The molecule has 2 rings (SSSR count). The molecule has 1 saturated heterocycles. The van der Waals surface area contributed by atoms with Gasteiger partial charge in [0.25, 0.3) is 0 Å². The lowest BCUT2D eigenvalue weighted by Gasteiger charge is -2.23. The summed E-state index contributed by atoms with van der Waals surface area (Å²) in [5.41, 5.74) is 0.706. The monoisotopic (exact) mass is 324 g/mol. The van der Waals surface area contributed by atoms with Crippen LogP contribution >= 0.6 is 12.2 Å². The van der Waals surface area contributed by atoms with Gasteiger partial charge < -0.3 is 24.8 Å². The smallest absolute Gasteiger partial charge is 0.239 e. The second-order valence-electron chi connectivity index (χ2n) is 4.60. The molecule has 0 atom stereocenters. The van der Waals surface area contributed by atoms with E-state index in [0.717, 1.165) is 0 Å². The van der Waals surface area contributed by atoms with Crippen LogP contribution in [0, 0.1) is 5.92 Å². The van der Waals surface area contributed by atoms with Gasteiger partial charge in [-0.2, -0.15) is 0 Å². The van der Waals surface area contributed by atoms with Gasteiger partial charge in [-0.1, -0.05) is 0 Å². The summed E-state index contributed by atoms with van der Waals surface area (Å²) in [5.74, 6) is -0.347. The van der Waals surface area contributed by atoms with Crippen LogP contribution in [0.1, 0.15) is 5.56 Å². The number of thiocarbonyl (C=S) groups is 1. The lowest BCUT2D eigenvalue weighted by atomic mass is 9.96. The minimum Gasteiger partial charge on any atom is -0.493 e. The Bertz CT molecular complexity index is 587. The predicted molar refractivity (Wildman–Crippen MR) is 82.2 cm³/mol. The molecule has 2 amide bonds. The number of ether oxygens (including phenoxy) is 3. The van der Waals surface area contributed by atoms with Gasteiger partial charge in [0.05, 0.1) is 21.3 Å². The summed E-state index contributed by atoms with van der Waals surface area (Å²) in [6.07, 6.45) is 0.191. The van der Waals surface area contributed by atoms with E-state index in [9.17, 15) is 9.59 Å². The molecule has 0 unspecified atom stereocenters. The van der Waals surface area contributed by atoms with E-state index in [1.54, 1.807) is 12.1 Å². The van der Waals surface area contributed by atoms with Crippen molar-refractivity contribution in [2.75, 3.05) is 21.3 Å². The van der Waals surface area contributed by atoms with E-state index in [1.165, 1.54) is 21.3 Å². The third-order valence-electron chi connectivity index (χ3n) is 3.27. The molecule has 22 heavy (non-hydrogen) atoms. The Balaban J connectivity index is 2.31. The Morgan fingerprint density at radius 2 is 1.50 bits per heavy atom. The maximum absolute atomic E-state index is 11.9. The van der Waals surface area contributed by atoms with Crippen LogP contribution in [-0.2, 0) is 16.0 Å². The fourth-order valence-corrected chi connectivity index (χ4v) is 2.42. The zero-order valence-electron chi connectivity index (χ0n) is 12.4. The molecule has 1 aliphatic rings. The lowest BCUT2D eigenvalue weighted by molar-refractivity contribution is -0.135. The lowest BCUT2D eigenvalue weighted by Crippen LogP contribution is -2.56. The number of rotatable bonds is 5. The summed E-state index contributed by atoms with van der Waals surface area (Å²) in [7, 11) is 4.50. The van der Waals surface area contributed by atoms with Crippen molar-refractivity contribution in [1.82, 2.24) is 10.6 Å². The van der Waals surface area contributed by atoms with E-state index in [0.29, 0.717) is 22.8 Å². The molecule has 0 aliphatic carbocycles. The topological polar surface area (TPSA) is 85.9 Å². The zero-order chi connectivity index (χ0) is 16.3. The molecule has 0 saturated carbocycles. The third-order valence-corrected chi connectivity index (χ3v) is 3.47. The molecule has 0 bridgehead atoms. The first-order valence-corrected chi connectivity index (χ1v) is 6.85. The van der Waals surface area contributed by atoms with Crippen molar-refractivity contribution >= 4 is 29.1 Å². The van der Waals surface area contributed by atoms with Gasteiger partial charge in [0, 0.05) is 0 Å². The first-order valence-electron chi connectivity index (χ1n) is 6.44. The van der Waals surface area contributed by atoms with Crippen molar-refractivity contribution in [1.29, 1.82) is 0 Å². The highest BCUT2D eigenvalue weighted by molar-refractivity contribution is 7.80. The molecule has 0 radical (unpaired) electrons. The van der Waals surface area contributed by atoms with Crippen molar-refractivity contribution in [3.8, 4) is 17.2 Å². The number of carbonyl (C=O) groups is 2. The van der Waals surface area contributed by atoms with E-state index in [1.807, 2.05) is 0 Å². The van der Waals surface area contributed by atoms with Gasteiger partial charge in [-0.15, -0.1) is 0 Å². The van der Waals surface area contributed by atoms with Crippen LogP contribution in [0.4, 0.5) is 0 Å². The van der Waals surface area contributed by atoms with Crippen LogP contribution < -0.4 is 24.8 Å². The summed E-state index contributed by atoms with van der Waals surface area (Å²) in [6, 6.07) is 3.41. The van der Waals surface area contributed by atoms with Crippen molar-refractivity contribution in [3.05, 3.63) is 17.7 Å². The van der Waals surface area contributed by atoms with E-state index < -0.39 is 17.7 Å². The second-order valence-corrected chi connectivity index (χ2v) is 5.01. The van der Waals surface area contributed by atoms with Crippen LogP contribution in [0.15, 0.2) is 12.1 Å². The number of nitrogens with one attached hydrogen (secondary N) is 2. The Hall–Kier alpha value is -2.35. The first-order chi connectivity index (χ1) is 10.5. The first kappa shape index (κ1) is 16.0. The average molecular weight is 324 g/mol.